The van der Waals surface area contributed by atoms with Crippen LogP contribution in [0.15, 0.2) is 12.1 Å². The number of amides is 1. The number of alkyl halides is 3. The average molecular weight is 297 g/mol. The standard InChI is InChI=1S/C14H15BF3NO2/c1-7(8-2-3-8)19-6-9-4-10(15)5-11(12(9)13(19)20)21-14(16,17)18/h4-5,7-8H,2-3,6,15H2,1H3/t7-/m0/s1. The molecule has 1 aliphatic carbocycles. The van der Waals surface area contributed by atoms with E-state index in [4.69, 9.17) is 0 Å². The van der Waals surface area contributed by atoms with Crippen molar-refractivity contribution in [3.05, 3.63) is 23.3 Å². The lowest BCUT2D eigenvalue weighted by Crippen LogP contribution is -2.35. The zero-order valence-corrected chi connectivity index (χ0v) is 11.8. The van der Waals surface area contributed by atoms with E-state index in [0.29, 0.717) is 23.5 Å². The van der Waals surface area contributed by atoms with Crippen LogP contribution in [0.25, 0.3) is 0 Å². The number of carbonyl (C=O) groups excluding carboxylic acids is 1. The van der Waals surface area contributed by atoms with E-state index < -0.39 is 6.36 Å². The molecule has 0 N–H and O–H groups in total. The molecular formula is C14H15BF3NO2. The van der Waals surface area contributed by atoms with Crippen molar-refractivity contribution in [3.8, 4) is 5.75 Å². The van der Waals surface area contributed by atoms with E-state index in [9.17, 15) is 18.0 Å². The maximum Gasteiger partial charge on any atom is 0.573 e. The molecule has 1 atom stereocenters. The molecule has 3 rings (SSSR count). The van der Waals surface area contributed by atoms with Gasteiger partial charge < -0.3 is 9.64 Å². The molecule has 0 spiro atoms. The van der Waals surface area contributed by atoms with Gasteiger partial charge in [-0.2, -0.15) is 0 Å². The molecular weight excluding hydrogens is 282 g/mol. The van der Waals surface area contributed by atoms with Crippen LogP contribution in [0.3, 0.4) is 0 Å². The van der Waals surface area contributed by atoms with Crippen LogP contribution in [-0.4, -0.2) is 31.1 Å². The maximum atomic E-state index is 12.5. The fraction of sp³-hybridized carbons (Fsp3) is 0.500. The molecule has 0 bridgehead atoms. The van der Waals surface area contributed by atoms with Crippen molar-refractivity contribution in [2.45, 2.75) is 38.7 Å². The van der Waals surface area contributed by atoms with Crippen LogP contribution < -0.4 is 10.2 Å². The van der Waals surface area contributed by atoms with Crippen molar-refractivity contribution in [2.75, 3.05) is 0 Å². The van der Waals surface area contributed by atoms with E-state index >= 15 is 0 Å². The van der Waals surface area contributed by atoms with Crippen molar-refractivity contribution in [2.24, 2.45) is 5.92 Å². The van der Waals surface area contributed by atoms with Crippen molar-refractivity contribution >= 4 is 19.2 Å². The third-order valence-electron chi connectivity index (χ3n) is 4.17. The summed E-state index contributed by atoms with van der Waals surface area (Å²) >= 11 is 0. The number of nitrogens with zero attached hydrogens (tertiary/aromatic N) is 1. The van der Waals surface area contributed by atoms with Gasteiger partial charge in [0.25, 0.3) is 5.91 Å². The maximum absolute atomic E-state index is 12.5. The van der Waals surface area contributed by atoms with Gasteiger partial charge in [-0.1, -0.05) is 11.5 Å². The molecule has 7 heteroatoms. The number of fused-ring (bicyclic) bond motifs is 1. The second kappa shape index (κ2) is 4.68. The molecule has 3 nitrogen and oxygen atoms in total. The molecule has 0 saturated heterocycles. The van der Waals surface area contributed by atoms with E-state index in [-0.39, 0.29) is 23.3 Å². The first-order chi connectivity index (χ1) is 9.76. The number of hydrogen-bond acceptors (Lipinski definition) is 2. The largest absolute Gasteiger partial charge is 0.573 e. The van der Waals surface area contributed by atoms with Gasteiger partial charge in [-0.05, 0) is 37.3 Å². The molecule has 112 valence electrons. The van der Waals surface area contributed by atoms with Gasteiger partial charge in [0.15, 0.2) is 0 Å². The van der Waals surface area contributed by atoms with Gasteiger partial charge in [0.1, 0.15) is 13.6 Å². The monoisotopic (exact) mass is 297 g/mol. The van der Waals surface area contributed by atoms with Gasteiger partial charge in [0, 0.05) is 12.6 Å². The first kappa shape index (κ1) is 14.3. The fourth-order valence-electron chi connectivity index (χ4n) is 2.96. The SMILES string of the molecule is Bc1cc2c(c(OC(F)(F)F)c1)C(=O)N([C@@H](C)C1CC1)C2. The molecule has 1 fully saturated rings. The lowest BCUT2D eigenvalue weighted by molar-refractivity contribution is -0.274. The summed E-state index contributed by atoms with van der Waals surface area (Å²) in [7, 11) is 1.70. The Morgan fingerprint density at radius 1 is 1.38 bits per heavy atom. The highest BCUT2D eigenvalue weighted by Gasteiger charge is 2.41. The average Bonchev–Trinajstić information content (AvgIpc) is 3.11. The molecule has 21 heavy (non-hydrogen) atoms. The summed E-state index contributed by atoms with van der Waals surface area (Å²) in [5, 5.41) is 0. The second-order valence-electron chi connectivity index (χ2n) is 5.86. The summed E-state index contributed by atoms with van der Waals surface area (Å²) in [6.07, 6.45) is -2.64. The predicted molar refractivity (Wildman–Crippen MR) is 73.4 cm³/mol. The highest BCUT2D eigenvalue weighted by Crippen LogP contribution is 2.40. The fourth-order valence-corrected chi connectivity index (χ4v) is 2.96. The summed E-state index contributed by atoms with van der Waals surface area (Å²) in [4.78, 5) is 14.1. The van der Waals surface area contributed by atoms with E-state index in [1.165, 1.54) is 6.07 Å². The van der Waals surface area contributed by atoms with E-state index in [1.54, 1.807) is 18.8 Å². The number of carbonyl (C=O) groups is 1. The van der Waals surface area contributed by atoms with Gasteiger partial charge in [-0.3, -0.25) is 4.79 Å². The highest BCUT2D eigenvalue weighted by molar-refractivity contribution is 6.32. The number of hydrogen-bond donors (Lipinski definition) is 0. The molecule has 1 aliphatic heterocycles. The summed E-state index contributed by atoms with van der Waals surface area (Å²) in [6.45, 7) is 2.32. The molecule has 0 radical (unpaired) electrons. The Bertz CT molecular complexity index is 599. The number of rotatable bonds is 3. The topological polar surface area (TPSA) is 29.5 Å². The minimum Gasteiger partial charge on any atom is -0.405 e. The van der Waals surface area contributed by atoms with Gasteiger partial charge in [-0.25, -0.2) is 0 Å². The lowest BCUT2D eigenvalue weighted by atomic mass is 9.92. The molecule has 1 aromatic carbocycles. The Morgan fingerprint density at radius 3 is 2.62 bits per heavy atom. The van der Waals surface area contributed by atoms with Crippen LogP contribution in [0.1, 0.15) is 35.7 Å². The van der Waals surface area contributed by atoms with Gasteiger partial charge in [0.2, 0.25) is 0 Å². The van der Waals surface area contributed by atoms with Crippen LogP contribution in [0.5, 0.6) is 5.75 Å². The van der Waals surface area contributed by atoms with Crippen molar-refractivity contribution in [1.82, 2.24) is 4.90 Å². The summed E-state index contributed by atoms with van der Waals surface area (Å²) in [5.41, 5.74) is 1.33. The zero-order valence-electron chi connectivity index (χ0n) is 11.8. The normalized spacial score (nSPS) is 19.6. The van der Waals surface area contributed by atoms with E-state index in [0.717, 1.165) is 12.8 Å². The Morgan fingerprint density at radius 2 is 2.05 bits per heavy atom. The Hall–Kier alpha value is -1.66. The molecule has 1 heterocycles. The molecule has 0 unspecified atom stereocenters. The quantitative estimate of drug-likeness (QED) is 0.793. The first-order valence-electron chi connectivity index (χ1n) is 6.96. The first-order valence-corrected chi connectivity index (χ1v) is 6.96. The Labute approximate surface area is 121 Å². The molecule has 0 aromatic heterocycles. The van der Waals surface area contributed by atoms with E-state index in [2.05, 4.69) is 4.74 Å². The third-order valence-corrected chi connectivity index (χ3v) is 4.17. The third kappa shape index (κ3) is 2.73. The van der Waals surface area contributed by atoms with Gasteiger partial charge in [-0.15, -0.1) is 13.2 Å². The van der Waals surface area contributed by atoms with Crippen molar-refractivity contribution < 1.29 is 22.7 Å². The summed E-state index contributed by atoms with van der Waals surface area (Å²) in [6, 6.07) is 3.09. The minimum absolute atomic E-state index is 0.0592. The summed E-state index contributed by atoms with van der Waals surface area (Å²) < 4.78 is 41.6. The predicted octanol–water partition coefficient (Wildman–Crippen LogP) is 1.60. The minimum atomic E-state index is -4.79. The van der Waals surface area contributed by atoms with Crippen LogP contribution >= 0.6 is 0 Å². The molecule has 1 amide bonds. The van der Waals surface area contributed by atoms with Crippen molar-refractivity contribution in [3.63, 3.8) is 0 Å². The van der Waals surface area contributed by atoms with Crippen LogP contribution in [-0.2, 0) is 6.54 Å². The van der Waals surface area contributed by atoms with E-state index in [1.807, 2.05) is 6.92 Å². The Balaban J connectivity index is 1.96. The van der Waals surface area contributed by atoms with Crippen LogP contribution in [0.4, 0.5) is 13.2 Å². The van der Waals surface area contributed by atoms with Gasteiger partial charge >= 0.3 is 6.36 Å². The van der Waals surface area contributed by atoms with Crippen molar-refractivity contribution in [1.29, 1.82) is 0 Å². The molecule has 2 aliphatic rings. The van der Waals surface area contributed by atoms with Crippen LogP contribution in [0.2, 0.25) is 0 Å². The molecule has 1 aromatic rings. The summed E-state index contributed by atoms with van der Waals surface area (Å²) in [5.74, 6) is -0.270. The smallest absolute Gasteiger partial charge is 0.405 e. The van der Waals surface area contributed by atoms with Gasteiger partial charge in [0.05, 0.1) is 5.56 Å². The number of benzene rings is 1. The molecule has 1 saturated carbocycles. The number of ether oxygens (including phenoxy) is 1. The second-order valence-corrected chi connectivity index (χ2v) is 5.86. The lowest BCUT2D eigenvalue weighted by Gasteiger charge is -2.24. The van der Waals surface area contributed by atoms with Crippen LogP contribution in [0, 0.1) is 5.92 Å². The Kier molecular flexibility index (Phi) is 3.18. The number of halogens is 3. The zero-order chi connectivity index (χ0) is 15.4. The highest BCUT2D eigenvalue weighted by atomic mass is 19.4.